The van der Waals surface area contributed by atoms with Gasteiger partial charge in [-0.25, -0.2) is 9.37 Å². The largest absolute Gasteiger partial charge is 0.487 e. The fourth-order valence-corrected chi connectivity index (χ4v) is 1.59. The van der Waals surface area contributed by atoms with Crippen molar-refractivity contribution in [2.24, 2.45) is 0 Å². The first-order valence-corrected chi connectivity index (χ1v) is 5.55. The Hall–Kier alpha value is -1.94. The van der Waals surface area contributed by atoms with E-state index in [2.05, 4.69) is 4.98 Å². The monoisotopic (exact) mass is 265 g/mol. The normalized spacial score (nSPS) is 10.1. The third-order valence-corrected chi connectivity index (χ3v) is 2.68. The molecule has 3 nitrogen and oxygen atoms in total. The van der Waals surface area contributed by atoms with Gasteiger partial charge in [-0.1, -0.05) is 17.7 Å². The molecular weight excluding hydrogens is 257 g/mol. The maximum absolute atomic E-state index is 13.4. The second kappa shape index (κ2) is 5.60. The van der Waals surface area contributed by atoms with Crippen LogP contribution in [-0.4, -0.2) is 11.3 Å². The molecule has 5 heteroatoms. The first-order valence-electron chi connectivity index (χ1n) is 5.17. The van der Waals surface area contributed by atoms with Crippen LogP contribution in [0.3, 0.4) is 0 Å². The Morgan fingerprint density at radius 3 is 2.78 bits per heavy atom. The maximum Gasteiger partial charge on any atom is 0.168 e. The van der Waals surface area contributed by atoms with Gasteiger partial charge in [0, 0.05) is 5.56 Å². The average molecular weight is 266 g/mol. The van der Waals surface area contributed by atoms with E-state index in [1.165, 1.54) is 24.4 Å². The van der Waals surface area contributed by atoms with Crippen LogP contribution >= 0.6 is 11.6 Å². The van der Waals surface area contributed by atoms with Crippen LogP contribution in [0.15, 0.2) is 36.5 Å². The molecule has 0 saturated carbocycles. The number of nitrogens with zero attached hydrogens (tertiary/aromatic N) is 1. The maximum atomic E-state index is 13.4. The van der Waals surface area contributed by atoms with Gasteiger partial charge in [-0.05, 0) is 24.3 Å². The molecule has 0 fully saturated rings. The Bertz CT molecular complexity index is 537. The first-order chi connectivity index (χ1) is 8.70. The van der Waals surface area contributed by atoms with Crippen molar-refractivity contribution >= 4 is 17.9 Å². The molecule has 0 radical (unpaired) electrons. The molecule has 1 heterocycles. The number of carbonyl (C=O) groups is 1. The number of halogens is 2. The van der Waals surface area contributed by atoms with E-state index in [1.54, 1.807) is 12.1 Å². The molecule has 1 aromatic carbocycles. The van der Waals surface area contributed by atoms with E-state index in [9.17, 15) is 9.18 Å². The highest BCUT2D eigenvalue weighted by Crippen LogP contribution is 2.21. The number of hydrogen-bond acceptors (Lipinski definition) is 3. The highest BCUT2D eigenvalue weighted by molar-refractivity contribution is 6.31. The van der Waals surface area contributed by atoms with Crippen LogP contribution in [0.1, 0.15) is 16.1 Å². The molecule has 2 rings (SSSR count). The van der Waals surface area contributed by atoms with Gasteiger partial charge in [0.15, 0.2) is 6.29 Å². The minimum absolute atomic E-state index is 0.00756. The summed E-state index contributed by atoms with van der Waals surface area (Å²) in [4.78, 5) is 14.3. The summed E-state index contributed by atoms with van der Waals surface area (Å²) in [6, 6.07) is 7.55. The minimum Gasteiger partial charge on any atom is -0.487 e. The fourth-order valence-electron chi connectivity index (χ4n) is 1.37. The lowest BCUT2D eigenvalue weighted by Crippen LogP contribution is -2.00. The van der Waals surface area contributed by atoms with Gasteiger partial charge < -0.3 is 4.74 Å². The molecule has 18 heavy (non-hydrogen) atoms. The number of aromatic nitrogens is 1. The van der Waals surface area contributed by atoms with E-state index in [0.29, 0.717) is 28.3 Å². The smallest absolute Gasteiger partial charge is 0.168 e. The Balaban J connectivity index is 2.09. The molecule has 0 aliphatic carbocycles. The van der Waals surface area contributed by atoms with Gasteiger partial charge in [0.25, 0.3) is 0 Å². The van der Waals surface area contributed by atoms with E-state index in [-0.39, 0.29) is 6.61 Å². The number of carbonyl (C=O) groups excluding carboxylic acids is 1. The summed E-state index contributed by atoms with van der Waals surface area (Å²) in [6.07, 6.45) is 2.04. The van der Waals surface area contributed by atoms with Crippen molar-refractivity contribution in [3.63, 3.8) is 0 Å². The van der Waals surface area contributed by atoms with Crippen molar-refractivity contribution in [3.8, 4) is 5.75 Å². The lowest BCUT2D eigenvalue weighted by molar-refractivity contribution is 0.111. The molecule has 0 saturated heterocycles. The van der Waals surface area contributed by atoms with Crippen LogP contribution in [-0.2, 0) is 6.61 Å². The van der Waals surface area contributed by atoms with Gasteiger partial charge in [-0.15, -0.1) is 0 Å². The first kappa shape index (κ1) is 12.5. The van der Waals surface area contributed by atoms with Gasteiger partial charge in [-0.2, -0.15) is 0 Å². The van der Waals surface area contributed by atoms with Gasteiger partial charge in [0.1, 0.15) is 23.9 Å². The zero-order valence-corrected chi connectivity index (χ0v) is 10.0. The van der Waals surface area contributed by atoms with E-state index in [4.69, 9.17) is 16.3 Å². The summed E-state index contributed by atoms with van der Waals surface area (Å²) in [5.41, 5.74) is 0.602. The number of pyridine rings is 1. The Kier molecular flexibility index (Phi) is 3.89. The molecule has 0 N–H and O–H groups in total. The highest BCUT2D eigenvalue weighted by atomic mass is 35.5. The standard InChI is InChI=1S/C13H9ClFNO2/c14-12-2-1-3-13(15)11(12)8-18-10-5-4-9(7-17)16-6-10/h1-7H,8H2. The van der Waals surface area contributed by atoms with Crippen molar-refractivity contribution in [2.75, 3.05) is 0 Å². The summed E-state index contributed by atoms with van der Waals surface area (Å²) < 4.78 is 18.8. The summed E-state index contributed by atoms with van der Waals surface area (Å²) in [7, 11) is 0. The minimum atomic E-state index is -0.417. The Morgan fingerprint density at radius 2 is 2.17 bits per heavy atom. The van der Waals surface area contributed by atoms with E-state index in [1.807, 2.05) is 0 Å². The van der Waals surface area contributed by atoms with Crippen LogP contribution in [0.2, 0.25) is 5.02 Å². The average Bonchev–Trinajstić information content (AvgIpc) is 2.39. The van der Waals surface area contributed by atoms with Crippen molar-refractivity contribution in [3.05, 3.63) is 58.6 Å². The molecule has 0 spiro atoms. The van der Waals surface area contributed by atoms with Crippen molar-refractivity contribution in [1.29, 1.82) is 0 Å². The third kappa shape index (κ3) is 2.84. The molecule has 0 atom stereocenters. The molecule has 92 valence electrons. The zero-order chi connectivity index (χ0) is 13.0. The van der Waals surface area contributed by atoms with Crippen LogP contribution in [0.5, 0.6) is 5.75 Å². The second-order valence-corrected chi connectivity index (χ2v) is 3.93. The predicted molar refractivity (Wildman–Crippen MR) is 65.4 cm³/mol. The fraction of sp³-hybridized carbons (Fsp3) is 0.0769. The number of hydrogen-bond donors (Lipinski definition) is 0. The van der Waals surface area contributed by atoms with Crippen LogP contribution < -0.4 is 4.74 Å². The number of rotatable bonds is 4. The van der Waals surface area contributed by atoms with E-state index >= 15 is 0 Å². The highest BCUT2D eigenvalue weighted by Gasteiger charge is 2.07. The molecule has 1 aromatic heterocycles. The summed E-state index contributed by atoms with van der Waals surface area (Å²) in [5.74, 6) is 0.0277. The van der Waals surface area contributed by atoms with Crippen molar-refractivity contribution in [1.82, 2.24) is 4.98 Å². The quantitative estimate of drug-likeness (QED) is 0.797. The van der Waals surface area contributed by atoms with Crippen molar-refractivity contribution < 1.29 is 13.9 Å². The lowest BCUT2D eigenvalue weighted by atomic mass is 10.2. The third-order valence-electron chi connectivity index (χ3n) is 2.32. The number of benzene rings is 1. The van der Waals surface area contributed by atoms with Crippen LogP contribution in [0.4, 0.5) is 4.39 Å². The lowest BCUT2D eigenvalue weighted by Gasteiger charge is -2.08. The molecule has 0 bridgehead atoms. The van der Waals surface area contributed by atoms with Gasteiger partial charge in [0.05, 0.1) is 11.2 Å². The van der Waals surface area contributed by atoms with E-state index in [0.717, 1.165) is 0 Å². The molecule has 0 amide bonds. The van der Waals surface area contributed by atoms with Gasteiger partial charge >= 0.3 is 0 Å². The van der Waals surface area contributed by atoms with Crippen LogP contribution in [0.25, 0.3) is 0 Å². The molecule has 0 aliphatic heterocycles. The molecule has 2 aromatic rings. The topological polar surface area (TPSA) is 39.2 Å². The van der Waals surface area contributed by atoms with E-state index < -0.39 is 5.82 Å². The zero-order valence-electron chi connectivity index (χ0n) is 9.27. The van der Waals surface area contributed by atoms with Crippen LogP contribution in [0, 0.1) is 5.82 Å². The summed E-state index contributed by atoms with van der Waals surface area (Å²) in [5, 5.41) is 0.312. The Morgan fingerprint density at radius 1 is 1.33 bits per heavy atom. The molecule has 0 aliphatic rings. The molecular formula is C13H9ClFNO2. The van der Waals surface area contributed by atoms with Gasteiger partial charge in [0.2, 0.25) is 0 Å². The Labute approximate surface area is 108 Å². The SMILES string of the molecule is O=Cc1ccc(OCc2c(F)cccc2Cl)cn1. The summed E-state index contributed by atoms with van der Waals surface area (Å²) >= 11 is 5.86. The molecule has 0 unspecified atom stereocenters. The summed E-state index contributed by atoms with van der Waals surface area (Å²) in [6.45, 7) is 0.00756. The number of aldehydes is 1. The number of ether oxygens (including phenoxy) is 1. The second-order valence-electron chi connectivity index (χ2n) is 3.53. The van der Waals surface area contributed by atoms with Gasteiger partial charge in [-0.3, -0.25) is 4.79 Å². The predicted octanol–water partition coefficient (Wildman–Crippen LogP) is 3.27. The van der Waals surface area contributed by atoms with Crippen molar-refractivity contribution in [2.45, 2.75) is 6.61 Å².